The Hall–Kier alpha value is -3.22. The smallest absolute Gasteiger partial charge is 0.256 e. The minimum absolute atomic E-state index is 0.0541. The third-order valence-electron chi connectivity index (χ3n) is 5.19. The Morgan fingerprint density at radius 1 is 1.07 bits per heavy atom. The standard InChI is InChI=1S/C21H20FN3O3/c22-15-8-2-3-9-16(15)23-19(26)13-25-17-10-4-1-7-14(17)20(27)24-12-6-5-11-18(24)21(25)28/h1-4,7-10,18H,5-6,11-13H2,(H,23,26). The fourth-order valence-corrected chi connectivity index (χ4v) is 3.83. The summed E-state index contributed by atoms with van der Waals surface area (Å²) in [6.07, 6.45) is 2.28. The third-order valence-corrected chi connectivity index (χ3v) is 5.19. The van der Waals surface area contributed by atoms with E-state index in [0.717, 1.165) is 12.8 Å². The Kier molecular flexibility index (Phi) is 4.81. The summed E-state index contributed by atoms with van der Waals surface area (Å²) in [4.78, 5) is 41.7. The summed E-state index contributed by atoms with van der Waals surface area (Å²) < 4.78 is 13.8. The maximum atomic E-state index is 13.8. The van der Waals surface area contributed by atoms with Crippen LogP contribution in [0.3, 0.4) is 0 Å². The molecule has 0 spiro atoms. The molecule has 1 N–H and O–H groups in total. The van der Waals surface area contributed by atoms with Crippen LogP contribution in [-0.2, 0) is 9.59 Å². The molecule has 0 bridgehead atoms. The molecule has 2 aromatic carbocycles. The molecule has 2 heterocycles. The lowest BCUT2D eigenvalue weighted by Gasteiger charge is -2.34. The van der Waals surface area contributed by atoms with Gasteiger partial charge in [-0.3, -0.25) is 14.4 Å². The van der Waals surface area contributed by atoms with E-state index in [2.05, 4.69) is 5.32 Å². The highest BCUT2D eigenvalue weighted by Gasteiger charge is 2.40. The largest absolute Gasteiger partial charge is 0.327 e. The minimum atomic E-state index is -0.574. The van der Waals surface area contributed by atoms with Crippen LogP contribution < -0.4 is 10.2 Å². The molecule has 0 saturated carbocycles. The number of nitrogens with zero attached hydrogens (tertiary/aromatic N) is 2. The van der Waals surface area contributed by atoms with Crippen molar-refractivity contribution in [2.24, 2.45) is 0 Å². The molecular weight excluding hydrogens is 361 g/mol. The molecule has 6 nitrogen and oxygen atoms in total. The van der Waals surface area contributed by atoms with E-state index < -0.39 is 17.8 Å². The number of anilines is 2. The first-order chi connectivity index (χ1) is 13.6. The molecule has 2 aliphatic rings. The number of benzene rings is 2. The number of piperidine rings is 1. The number of rotatable bonds is 3. The number of fused-ring (bicyclic) bond motifs is 2. The van der Waals surface area contributed by atoms with Crippen molar-refractivity contribution < 1.29 is 18.8 Å². The number of carbonyl (C=O) groups excluding carboxylic acids is 3. The van der Waals surface area contributed by atoms with E-state index in [-0.39, 0.29) is 24.0 Å². The summed E-state index contributed by atoms with van der Waals surface area (Å²) in [5, 5.41) is 2.51. The number of hydrogen-bond donors (Lipinski definition) is 1. The zero-order valence-electron chi connectivity index (χ0n) is 15.2. The highest BCUT2D eigenvalue weighted by atomic mass is 19.1. The molecule has 4 rings (SSSR count). The number of para-hydroxylation sites is 2. The summed E-state index contributed by atoms with van der Waals surface area (Å²) in [5.74, 6) is -1.54. The summed E-state index contributed by atoms with van der Waals surface area (Å²) in [7, 11) is 0. The van der Waals surface area contributed by atoms with Gasteiger partial charge in [-0.05, 0) is 43.5 Å². The zero-order valence-corrected chi connectivity index (χ0v) is 15.2. The monoisotopic (exact) mass is 381 g/mol. The van der Waals surface area contributed by atoms with Crippen molar-refractivity contribution >= 4 is 29.1 Å². The predicted molar refractivity (Wildman–Crippen MR) is 103 cm³/mol. The Morgan fingerprint density at radius 2 is 1.82 bits per heavy atom. The maximum Gasteiger partial charge on any atom is 0.256 e. The van der Waals surface area contributed by atoms with E-state index in [0.29, 0.717) is 24.2 Å². The van der Waals surface area contributed by atoms with Crippen LogP contribution in [0.1, 0.15) is 29.6 Å². The fourth-order valence-electron chi connectivity index (χ4n) is 3.83. The molecule has 0 radical (unpaired) electrons. The first-order valence-electron chi connectivity index (χ1n) is 9.32. The van der Waals surface area contributed by atoms with Crippen LogP contribution in [0, 0.1) is 5.82 Å². The van der Waals surface area contributed by atoms with Crippen molar-refractivity contribution in [3.8, 4) is 0 Å². The highest BCUT2D eigenvalue weighted by molar-refractivity contribution is 6.13. The van der Waals surface area contributed by atoms with Gasteiger partial charge in [0.25, 0.3) is 5.91 Å². The van der Waals surface area contributed by atoms with Crippen molar-refractivity contribution in [1.82, 2.24) is 4.90 Å². The number of halogens is 1. The first kappa shape index (κ1) is 18.2. The molecule has 7 heteroatoms. The Morgan fingerprint density at radius 3 is 2.64 bits per heavy atom. The lowest BCUT2D eigenvalue weighted by Crippen LogP contribution is -2.52. The molecule has 3 amide bonds. The summed E-state index contributed by atoms with van der Waals surface area (Å²) >= 11 is 0. The normalized spacial score (nSPS) is 19.0. The van der Waals surface area contributed by atoms with Gasteiger partial charge < -0.3 is 15.1 Å². The zero-order chi connectivity index (χ0) is 19.7. The first-order valence-corrected chi connectivity index (χ1v) is 9.32. The fraction of sp³-hybridized carbons (Fsp3) is 0.286. The van der Waals surface area contributed by atoms with Crippen molar-refractivity contribution in [2.75, 3.05) is 23.3 Å². The van der Waals surface area contributed by atoms with Gasteiger partial charge >= 0.3 is 0 Å². The average molecular weight is 381 g/mol. The van der Waals surface area contributed by atoms with Crippen molar-refractivity contribution in [2.45, 2.75) is 25.3 Å². The van der Waals surface area contributed by atoms with Crippen molar-refractivity contribution in [1.29, 1.82) is 0 Å². The van der Waals surface area contributed by atoms with Gasteiger partial charge in [-0.2, -0.15) is 0 Å². The van der Waals surface area contributed by atoms with Gasteiger partial charge in [-0.15, -0.1) is 0 Å². The van der Waals surface area contributed by atoms with Gasteiger partial charge in [-0.1, -0.05) is 24.3 Å². The Balaban J connectivity index is 1.65. The second-order valence-corrected chi connectivity index (χ2v) is 6.98. The van der Waals surface area contributed by atoms with Gasteiger partial charge in [0, 0.05) is 6.54 Å². The van der Waals surface area contributed by atoms with Crippen LogP contribution in [0.15, 0.2) is 48.5 Å². The molecule has 144 valence electrons. The lowest BCUT2D eigenvalue weighted by molar-refractivity contribution is -0.125. The van der Waals surface area contributed by atoms with Gasteiger partial charge in [0.15, 0.2) is 0 Å². The molecule has 0 aliphatic carbocycles. The molecule has 0 aromatic heterocycles. The van der Waals surface area contributed by atoms with Gasteiger partial charge in [0.05, 0.1) is 16.9 Å². The summed E-state index contributed by atoms with van der Waals surface area (Å²) in [5.41, 5.74) is 0.868. The Labute approximate surface area is 161 Å². The number of carbonyl (C=O) groups is 3. The van der Waals surface area contributed by atoms with Crippen LogP contribution in [0.2, 0.25) is 0 Å². The average Bonchev–Trinajstić information content (AvgIpc) is 2.80. The predicted octanol–water partition coefficient (Wildman–Crippen LogP) is 2.81. The second-order valence-electron chi connectivity index (χ2n) is 6.98. The van der Waals surface area contributed by atoms with Crippen molar-refractivity contribution in [3.05, 3.63) is 59.9 Å². The molecule has 2 aromatic rings. The maximum absolute atomic E-state index is 13.8. The second kappa shape index (κ2) is 7.42. The van der Waals surface area contributed by atoms with Crippen molar-refractivity contribution in [3.63, 3.8) is 0 Å². The SMILES string of the molecule is O=C(CN1C(=O)C2CCCCN2C(=O)c2ccccc21)Nc1ccccc1F. The van der Waals surface area contributed by atoms with Crippen LogP contribution in [0.25, 0.3) is 0 Å². The molecule has 2 aliphatic heterocycles. The van der Waals surface area contributed by atoms with Gasteiger partial charge in [0.1, 0.15) is 18.4 Å². The summed E-state index contributed by atoms with van der Waals surface area (Å²) in [6, 6.07) is 12.1. The van der Waals surface area contributed by atoms with E-state index in [1.807, 2.05) is 0 Å². The molecule has 1 saturated heterocycles. The third kappa shape index (κ3) is 3.24. The quantitative estimate of drug-likeness (QED) is 0.889. The van der Waals surface area contributed by atoms with E-state index in [4.69, 9.17) is 0 Å². The van der Waals surface area contributed by atoms with E-state index >= 15 is 0 Å². The van der Waals surface area contributed by atoms with Crippen LogP contribution >= 0.6 is 0 Å². The van der Waals surface area contributed by atoms with E-state index in [9.17, 15) is 18.8 Å². The molecule has 28 heavy (non-hydrogen) atoms. The topological polar surface area (TPSA) is 69.7 Å². The Bertz CT molecular complexity index is 946. The van der Waals surface area contributed by atoms with Crippen LogP contribution in [0.5, 0.6) is 0 Å². The van der Waals surface area contributed by atoms with Crippen LogP contribution in [-0.4, -0.2) is 41.8 Å². The van der Waals surface area contributed by atoms with E-state index in [1.165, 1.54) is 23.1 Å². The molecular formula is C21H20FN3O3. The highest BCUT2D eigenvalue weighted by Crippen LogP contribution is 2.31. The number of hydrogen-bond acceptors (Lipinski definition) is 3. The molecule has 1 fully saturated rings. The minimum Gasteiger partial charge on any atom is -0.327 e. The molecule has 1 unspecified atom stereocenters. The van der Waals surface area contributed by atoms with Crippen LogP contribution in [0.4, 0.5) is 15.8 Å². The number of amides is 3. The van der Waals surface area contributed by atoms with Gasteiger partial charge in [-0.25, -0.2) is 4.39 Å². The number of nitrogens with one attached hydrogen (secondary N) is 1. The lowest BCUT2D eigenvalue weighted by atomic mass is 10.0. The summed E-state index contributed by atoms with van der Waals surface area (Å²) in [6.45, 7) is 0.237. The van der Waals surface area contributed by atoms with E-state index in [1.54, 1.807) is 35.2 Å². The molecule has 1 atom stereocenters. The van der Waals surface area contributed by atoms with Gasteiger partial charge in [0.2, 0.25) is 11.8 Å².